The van der Waals surface area contributed by atoms with Gasteiger partial charge in [0.2, 0.25) is 0 Å². The second kappa shape index (κ2) is 7.71. The van der Waals surface area contributed by atoms with Crippen molar-refractivity contribution in [3.8, 4) is 5.75 Å². The van der Waals surface area contributed by atoms with Crippen LogP contribution in [0.4, 0.5) is 15.8 Å². The van der Waals surface area contributed by atoms with Gasteiger partial charge < -0.3 is 15.2 Å². The molecule has 2 rings (SSSR count). The lowest BCUT2D eigenvalue weighted by Crippen LogP contribution is -2.10. The summed E-state index contributed by atoms with van der Waals surface area (Å²) < 4.78 is 41.2. The van der Waals surface area contributed by atoms with E-state index in [1.54, 1.807) is 0 Å². The number of halogens is 2. The van der Waals surface area contributed by atoms with Gasteiger partial charge in [0.1, 0.15) is 12.4 Å². The van der Waals surface area contributed by atoms with Crippen molar-refractivity contribution in [2.45, 2.75) is 11.6 Å². The zero-order chi connectivity index (χ0) is 18.6. The molecule has 0 saturated heterocycles. The maximum absolute atomic E-state index is 12.9. The number of nitrogens with one attached hydrogen (secondary N) is 1. The van der Waals surface area contributed by atoms with E-state index in [2.05, 4.69) is 5.32 Å². The molecular formula is C16H15ClFNO5S. The van der Waals surface area contributed by atoms with Gasteiger partial charge in [0.25, 0.3) is 0 Å². The van der Waals surface area contributed by atoms with Crippen molar-refractivity contribution < 1.29 is 27.4 Å². The molecule has 0 atom stereocenters. The number of hydrogen-bond acceptors (Lipinski definition) is 5. The van der Waals surface area contributed by atoms with E-state index in [0.29, 0.717) is 16.9 Å². The standard InChI is InChI=1S/C16H15ClFNO5S/c1-25(22,23)11-3-4-13(12(17)7-11)19-14-6-10(8-18)2-5-15(14)24-9-16(20)21/h2-7,19H,8-9H2,1H3,(H,20,21). The molecule has 2 aromatic carbocycles. The monoisotopic (exact) mass is 387 g/mol. The number of benzene rings is 2. The molecule has 0 spiro atoms. The summed E-state index contributed by atoms with van der Waals surface area (Å²) in [5, 5.41) is 11.8. The van der Waals surface area contributed by atoms with E-state index in [0.717, 1.165) is 6.26 Å². The first-order chi connectivity index (χ1) is 11.7. The van der Waals surface area contributed by atoms with Crippen LogP contribution in [-0.4, -0.2) is 32.4 Å². The van der Waals surface area contributed by atoms with Gasteiger partial charge in [-0.05, 0) is 35.9 Å². The predicted molar refractivity (Wildman–Crippen MR) is 92.2 cm³/mol. The molecule has 0 unspecified atom stereocenters. The van der Waals surface area contributed by atoms with Gasteiger partial charge in [0, 0.05) is 6.26 Å². The first-order valence-corrected chi connectivity index (χ1v) is 9.28. The summed E-state index contributed by atoms with van der Waals surface area (Å²) in [7, 11) is -3.40. The number of carboxylic acids is 1. The van der Waals surface area contributed by atoms with E-state index in [9.17, 15) is 17.6 Å². The van der Waals surface area contributed by atoms with Crippen LogP contribution in [0.5, 0.6) is 5.75 Å². The van der Waals surface area contributed by atoms with Gasteiger partial charge in [0.05, 0.1) is 21.3 Å². The fraction of sp³-hybridized carbons (Fsp3) is 0.188. The van der Waals surface area contributed by atoms with Crippen molar-refractivity contribution in [1.82, 2.24) is 0 Å². The molecule has 0 bridgehead atoms. The molecule has 0 aliphatic heterocycles. The Labute approximate surface area is 149 Å². The van der Waals surface area contributed by atoms with E-state index >= 15 is 0 Å². The van der Waals surface area contributed by atoms with Gasteiger partial charge in [0.15, 0.2) is 16.4 Å². The van der Waals surface area contributed by atoms with Crippen LogP contribution in [0.3, 0.4) is 0 Å². The van der Waals surface area contributed by atoms with E-state index in [-0.39, 0.29) is 15.7 Å². The topological polar surface area (TPSA) is 92.7 Å². The van der Waals surface area contributed by atoms with E-state index in [4.69, 9.17) is 21.4 Å². The Morgan fingerprint density at radius 1 is 1.24 bits per heavy atom. The minimum atomic E-state index is -3.40. The third-order valence-corrected chi connectivity index (χ3v) is 4.61. The molecular weight excluding hydrogens is 373 g/mol. The largest absolute Gasteiger partial charge is 0.480 e. The molecule has 6 nitrogen and oxygen atoms in total. The number of carboxylic acid groups (broad SMARTS) is 1. The lowest BCUT2D eigenvalue weighted by atomic mass is 10.2. The fourth-order valence-corrected chi connectivity index (χ4v) is 2.94. The highest BCUT2D eigenvalue weighted by Gasteiger charge is 2.13. The van der Waals surface area contributed by atoms with Gasteiger partial charge in [-0.2, -0.15) is 0 Å². The summed E-state index contributed by atoms with van der Waals surface area (Å²) in [5.41, 5.74) is 1.03. The summed E-state index contributed by atoms with van der Waals surface area (Å²) in [4.78, 5) is 10.7. The van der Waals surface area contributed by atoms with Crippen molar-refractivity contribution in [2.75, 3.05) is 18.2 Å². The van der Waals surface area contributed by atoms with Crippen LogP contribution < -0.4 is 10.1 Å². The summed E-state index contributed by atoms with van der Waals surface area (Å²) in [6.07, 6.45) is 1.06. The number of anilines is 2. The summed E-state index contributed by atoms with van der Waals surface area (Å²) >= 11 is 6.10. The van der Waals surface area contributed by atoms with E-state index < -0.39 is 29.1 Å². The molecule has 0 aromatic heterocycles. The van der Waals surface area contributed by atoms with Crippen LogP contribution in [0.2, 0.25) is 5.02 Å². The first-order valence-electron chi connectivity index (χ1n) is 7.01. The van der Waals surface area contributed by atoms with Gasteiger partial charge in [-0.3, -0.25) is 0 Å². The number of carbonyl (C=O) groups is 1. The Morgan fingerprint density at radius 2 is 1.96 bits per heavy atom. The van der Waals surface area contributed by atoms with Gasteiger partial charge in [-0.1, -0.05) is 17.7 Å². The van der Waals surface area contributed by atoms with Crippen molar-refractivity contribution in [2.24, 2.45) is 0 Å². The molecule has 25 heavy (non-hydrogen) atoms. The first kappa shape index (κ1) is 19.0. The number of rotatable bonds is 7. The third-order valence-electron chi connectivity index (χ3n) is 3.19. The number of ether oxygens (including phenoxy) is 1. The zero-order valence-electron chi connectivity index (χ0n) is 13.1. The predicted octanol–water partition coefficient (Wildman–Crippen LogP) is 3.42. The molecule has 2 aromatic rings. The van der Waals surface area contributed by atoms with Crippen LogP contribution in [0, 0.1) is 0 Å². The van der Waals surface area contributed by atoms with Crippen LogP contribution in [-0.2, 0) is 21.3 Å². The fourth-order valence-electron chi connectivity index (χ4n) is 2.00. The third kappa shape index (κ3) is 5.07. The minimum Gasteiger partial charge on any atom is -0.480 e. The number of hydrogen-bond donors (Lipinski definition) is 2. The summed E-state index contributed by atoms with van der Waals surface area (Å²) in [6.45, 7) is -1.28. The van der Waals surface area contributed by atoms with E-state index in [1.807, 2.05) is 0 Å². The molecule has 0 aliphatic carbocycles. The van der Waals surface area contributed by atoms with Crippen molar-refractivity contribution in [3.63, 3.8) is 0 Å². The Bertz CT molecular complexity index is 901. The molecule has 9 heteroatoms. The Hall–Kier alpha value is -2.32. The Morgan fingerprint density at radius 3 is 2.52 bits per heavy atom. The molecule has 0 saturated carbocycles. The minimum absolute atomic E-state index is 0.0582. The molecule has 0 aliphatic rings. The van der Waals surface area contributed by atoms with Crippen LogP contribution in [0.25, 0.3) is 0 Å². The van der Waals surface area contributed by atoms with Crippen molar-refractivity contribution in [3.05, 3.63) is 47.0 Å². The highest BCUT2D eigenvalue weighted by Crippen LogP contribution is 2.33. The molecule has 0 radical (unpaired) electrons. The summed E-state index contributed by atoms with van der Waals surface area (Å²) in [5.74, 6) is -0.959. The molecule has 134 valence electrons. The summed E-state index contributed by atoms with van der Waals surface area (Å²) in [6, 6.07) is 8.49. The average molecular weight is 388 g/mol. The highest BCUT2D eigenvalue weighted by molar-refractivity contribution is 7.90. The maximum Gasteiger partial charge on any atom is 0.341 e. The second-order valence-electron chi connectivity index (χ2n) is 5.19. The van der Waals surface area contributed by atoms with Gasteiger partial charge >= 0.3 is 5.97 Å². The van der Waals surface area contributed by atoms with Crippen LogP contribution >= 0.6 is 11.6 Å². The van der Waals surface area contributed by atoms with E-state index in [1.165, 1.54) is 36.4 Å². The second-order valence-corrected chi connectivity index (χ2v) is 7.61. The van der Waals surface area contributed by atoms with Gasteiger partial charge in [-0.25, -0.2) is 17.6 Å². The zero-order valence-corrected chi connectivity index (χ0v) is 14.7. The van der Waals surface area contributed by atoms with Gasteiger partial charge in [-0.15, -0.1) is 0 Å². The lowest BCUT2D eigenvalue weighted by Gasteiger charge is -2.15. The highest BCUT2D eigenvalue weighted by atomic mass is 35.5. The normalized spacial score (nSPS) is 11.2. The molecule has 0 amide bonds. The van der Waals surface area contributed by atoms with Crippen molar-refractivity contribution in [1.29, 1.82) is 0 Å². The molecule has 0 heterocycles. The number of alkyl halides is 1. The Balaban J connectivity index is 2.36. The Kier molecular flexibility index (Phi) is 5.86. The maximum atomic E-state index is 12.9. The smallest absolute Gasteiger partial charge is 0.341 e. The number of aliphatic carboxylic acids is 1. The average Bonchev–Trinajstić information content (AvgIpc) is 2.54. The molecule has 0 fully saturated rings. The van der Waals surface area contributed by atoms with Crippen LogP contribution in [0.1, 0.15) is 5.56 Å². The van der Waals surface area contributed by atoms with Crippen molar-refractivity contribution >= 4 is 38.8 Å². The molecule has 2 N–H and O–H groups in total. The SMILES string of the molecule is CS(=O)(=O)c1ccc(Nc2cc(CF)ccc2OCC(=O)O)c(Cl)c1. The van der Waals surface area contributed by atoms with Crippen LogP contribution in [0.15, 0.2) is 41.3 Å². The lowest BCUT2D eigenvalue weighted by molar-refractivity contribution is -0.139. The quantitative estimate of drug-likeness (QED) is 0.756. The number of sulfone groups is 1.